The number of ether oxygens (including phenoxy) is 1. The van der Waals surface area contributed by atoms with Crippen molar-refractivity contribution in [3.05, 3.63) is 63.8 Å². The Balaban J connectivity index is 1.49. The minimum atomic E-state index is -4.28. The highest BCUT2D eigenvalue weighted by Gasteiger charge is 2.33. The highest BCUT2D eigenvalue weighted by Crippen LogP contribution is 2.33. The number of amides is 1. The first-order valence-corrected chi connectivity index (χ1v) is 11.2. The Morgan fingerprint density at radius 1 is 1.09 bits per heavy atom. The predicted octanol–water partition coefficient (Wildman–Crippen LogP) is 4.46. The topological polar surface area (TPSA) is 65.6 Å². The Bertz CT molecular complexity index is 1300. The van der Waals surface area contributed by atoms with E-state index >= 15 is 0 Å². The lowest BCUT2D eigenvalue weighted by atomic mass is 10.0. The molecule has 11 heteroatoms. The van der Waals surface area contributed by atoms with Gasteiger partial charge >= 0.3 is 6.18 Å². The Morgan fingerprint density at radius 3 is 2.46 bits per heavy atom. The van der Waals surface area contributed by atoms with Crippen LogP contribution in [0, 0.1) is 5.82 Å². The summed E-state index contributed by atoms with van der Waals surface area (Å²) in [5, 5.41) is 1.04. The van der Waals surface area contributed by atoms with E-state index in [0.29, 0.717) is 21.9 Å². The maximum atomic E-state index is 13.5. The fourth-order valence-corrected chi connectivity index (χ4v) is 4.40. The number of H-pyrrole nitrogens is 1. The number of nitrogens with one attached hydrogen (secondary N) is 1. The second kappa shape index (κ2) is 9.87. The van der Waals surface area contributed by atoms with Crippen LogP contribution in [0.4, 0.5) is 17.6 Å². The summed E-state index contributed by atoms with van der Waals surface area (Å²) in [6.07, 6.45) is -3.69. The van der Waals surface area contributed by atoms with Crippen LogP contribution in [0.15, 0.2) is 47.4 Å². The number of hydrogen-bond acceptors (Lipinski definition) is 4. The molecule has 0 radical (unpaired) electrons. The number of piperazine rings is 1. The molecule has 2 heterocycles. The van der Waals surface area contributed by atoms with Gasteiger partial charge in [0.1, 0.15) is 11.6 Å². The first-order chi connectivity index (χ1) is 16.5. The highest BCUT2D eigenvalue weighted by molar-refractivity contribution is 6.33. The Kier molecular flexibility index (Phi) is 7.05. The third-order valence-corrected chi connectivity index (χ3v) is 6.15. The molecule has 1 aromatic heterocycles. The molecule has 6 nitrogen and oxygen atoms in total. The molecule has 186 valence electrons. The zero-order valence-electron chi connectivity index (χ0n) is 18.7. The minimum absolute atomic E-state index is 0.123. The number of nitrogens with zero attached hydrogens (tertiary/aromatic N) is 2. The van der Waals surface area contributed by atoms with E-state index in [-0.39, 0.29) is 48.4 Å². The van der Waals surface area contributed by atoms with Crippen molar-refractivity contribution in [3.8, 4) is 16.9 Å². The molecule has 0 bridgehead atoms. The minimum Gasteiger partial charge on any atom is -0.481 e. The number of aromatic amines is 1. The molecular weight excluding hydrogens is 490 g/mol. The van der Waals surface area contributed by atoms with Crippen molar-refractivity contribution in [3.63, 3.8) is 0 Å². The van der Waals surface area contributed by atoms with E-state index in [1.54, 1.807) is 19.1 Å². The summed E-state index contributed by atoms with van der Waals surface area (Å²) >= 11 is 6.20. The van der Waals surface area contributed by atoms with Gasteiger partial charge in [0.15, 0.2) is 6.10 Å². The van der Waals surface area contributed by atoms with Crippen LogP contribution in [0.1, 0.15) is 6.92 Å². The molecule has 0 aliphatic carbocycles. The zero-order valence-corrected chi connectivity index (χ0v) is 19.4. The van der Waals surface area contributed by atoms with E-state index in [1.165, 1.54) is 40.3 Å². The maximum absolute atomic E-state index is 13.5. The third-order valence-electron chi connectivity index (χ3n) is 5.84. The van der Waals surface area contributed by atoms with E-state index in [9.17, 15) is 27.2 Å². The number of rotatable bonds is 5. The van der Waals surface area contributed by atoms with Crippen molar-refractivity contribution in [2.75, 3.05) is 32.7 Å². The summed E-state index contributed by atoms with van der Waals surface area (Å²) in [4.78, 5) is 30.6. The van der Waals surface area contributed by atoms with Gasteiger partial charge in [-0.2, -0.15) is 13.2 Å². The zero-order chi connectivity index (χ0) is 25.3. The molecule has 1 atom stereocenters. The molecule has 1 amide bonds. The lowest BCUT2D eigenvalue weighted by Crippen LogP contribution is -2.53. The first kappa shape index (κ1) is 25.0. The number of benzene rings is 2. The van der Waals surface area contributed by atoms with Crippen molar-refractivity contribution in [2.24, 2.45) is 0 Å². The van der Waals surface area contributed by atoms with Crippen molar-refractivity contribution in [1.29, 1.82) is 0 Å². The van der Waals surface area contributed by atoms with Crippen LogP contribution in [-0.2, 0) is 4.79 Å². The van der Waals surface area contributed by atoms with Gasteiger partial charge in [-0.25, -0.2) is 4.39 Å². The number of pyridine rings is 1. The SMILES string of the molecule is CC(Oc1ccc2c(-c3ccc(F)cc3Cl)c[nH]c(=O)c2c1)C(=O)N1CCN(CC(F)(F)F)CC1. The molecule has 4 rings (SSSR count). The van der Waals surface area contributed by atoms with Crippen molar-refractivity contribution in [1.82, 2.24) is 14.8 Å². The van der Waals surface area contributed by atoms with Gasteiger partial charge in [0.05, 0.1) is 17.0 Å². The number of hydrogen-bond donors (Lipinski definition) is 1. The standard InChI is InChI=1S/C24H22ClF4N3O3/c1-14(23(34)32-8-6-31(7-9-32)13-24(27,28)29)35-16-3-5-17-19(11-16)22(33)30-12-20(17)18-4-2-15(26)10-21(18)25/h2-5,10-12,14H,6-9,13H2,1H3,(H,30,33). The smallest absolute Gasteiger partial charge is 0.401 e. The summed E-state index contributed by atoms with van der Waals surface area (Å²) in [6, 6.07) is 8.73. The number of carbonyl (C=O) groups excluding carboxylic acids is 1. The third kappa shape index (κ3) is 5.76. The van der Waals surface area contributed by atoms with Gasteiger partial charge in [-0.05, 0) is 48.7 Å². The van der Waals surface area contributed by atoms with Gasteiger partial charge in [0.25, 0.3) is 11.5 Å². The second-order valence-corrected chi connectivity index (χ2v) is 8.75. The average molecular weight is 512 g/mol. The van der Waals surface area contributed by atoms with Crippen LogP contribution >= 0.6 is 11.6 Å². The summed E-state index contributed by atoms with van der Waals surface area (Å²) < 4.78 is 57.0. The van der Waals surface area contributed by atoms with Gasteiger partial charge in [0.2, 0.25) is 0 Å². The van der Waals surface area contributed by atoms with Gasteiger partial charge < -0.3 is 14.6 Å². The van der Waals surface area contributed by atoms with E-state index < -0.39 is 24.6 Å². The van der Waals surface area contributed by atoms with E-state index in [2.05, 4.69) is 4.98 Å². The van der Waals surface area contributed by atoms with Crippen LogP contribution in [-0.4, -0.2) is 65.7 Å². The number of carbonyl (C=O) groups is 1. The van der Waals surface area contributed by atoms with Crippen LogP contribution in [0.2, 0.25) is 5.02 Å². The Hall–Kier alpha value is -3.11. The van der Waals surface area contributed by atoms with E-state index in [1.807, 2.05) is 0 Å². The molecular formula is C24H22ClF4N3O3. The molecule has 1 unspecified atom stereocenters. The number of halogens is 5. The lowest BCUT2D eigenvalue weighted by Gasteiger charge is -2.36. The van der Waals surface area contributed by atoms with Crippen molar-refractivity contribution in [2.45, 2.75) is 19.2 Å². The summed E-state index contributed by atoms with van der Waals surface area (Å²) in [6.45, 7) is 1.13. The monoisotopic (exact) mass is 511 g/mol. The fourth-order valence-electron chi connectivity index (χ4n) is 4.13. The molecule has 0 saturated carbocycles. The molecule has 1 saturated heterocycles. The molecule has 2 aromatic carbocycles. The summed E-state index contributed by atoms with van der Waals surface area (Å²) in [5.74, 6) is -0.553. The summed E-state index contributed by atoms with van der Waals surface area (Å²) in [5.41, 5.74) is 0.750. The highest BCUT2D eigenvalue weighted by atomic mass is 35.5. The molecule has 35 heavy (non-hydrogen) atoms. The quantitative estimate of drug-likeness (QED) is 0.514. The normalized spacial score (nSPS) is 15.9. The number of fused-ring (bicyclic) bond motifs is 1. The van der Waals surface area contributed by atoms with Crippen molar-refractivity contribution >= 4 is 28.3 Å². The second-order valence-electron chi connectivity index (χ2n) is 8.34. The van der Waals surface area contributed by atoms with Gasteiger partial charge in [0, 0.05) is 43.5 Å². The average Bonchev–Trinajstić information content (AvgIpc) is 2.79. The summed E-state index contributed by atoms with van der Waals surface area (Å²) in [7, 11) is 0. The van der Waals surface area contributed by atoms with Gasteiger partial charge in [-0.15, -0.1) is 0 Å². The van der Waals surface area contributed by atoms with Gasteiger partial charge in [-0.1, -0.05) is 11.6 Å². The molecule has 1 aliphatic heterocycles. The fraction of sp³-hybridized carbons (Fsp3) is 0.333. The van der Waals surface area contributed by atoms with Crippen molar-refractivity contribution < 1.29 is 27.1 Å². The molecule has 3 aromatic rings. The number of alkyl halides is 3. The lowest BCUT2D eigenvalue weighted by molar-refractivity contribution is -0.153. The molecule has 0 spiro atoms. The molecule has 1 N–H and O–H groups in total. The van der Waals surface area contributed by atoms with Crippen LogP contribution in [0.3, 0.4) is 0 Å². The Labute approximate surface area is 203 Å². The maximum Gasteiger partial charge on any atom is 0.401 e. The van der Waals surface area contributed by atoms with Gasteiger partial charge in [-0.3, -0.25) is 14.5 Å². The molecule has 1 fully saturated rings. The van der Waals surface area contributed by atoms with Crippen LogP contribution in [0.25, 0.3) is 21.9 Å². The predicted molar refractivity (Wildman–Crippen MR) is 124 cm³/mol. The largest absolute Gasteiger partial charge is 0.481 e. The van der Waals surface area contributed by atoms with E-state index in [4.69, 9.17) is 16.3 Å². The van der Waals surface area contributed by atoms with E-state index in [0.717, 1.165) is 0 Å². The van der Waals surface area contributed by atoms with Crippen LogP contribution < -0.4 is 10.3 Å². The Morgan fingerprint density at radius 2 is 1.80 bits per heavy atom. The molecule has 1 aliphatic rings. The van der Waals surface area contributed by atoms with Crippen LogP contribution in [0.5, 0.6) is 5.75 Å². The number of aromatic nitrogens is 1. The first-order valence-electron chi connectivity index (χ1n) is 10.9.